The van der Waals surface area contributed by atoms with Gasteiger partial charge in [-0.3, -0.25) is 0 Å². The molecule has 1 atom stereocenters. The monoisotopic (exact) mass is 435 g/mol. The normalized spacial score (nSPS) is 20.2. The second-order valence-electron chi connectivity index (χ2n) is 7.74. The molecular formula is C20H26FN5O3S. The fraction of sp³-hybridized carbons (Fsp3) is 0.500. The van der Waals surface area contributed by atoms with Crippen molar-refractivity contribution in [3.05, 3.63) is 41.1 Å². The van der Waals surface area contributed by atoms with Gasteiger partial charge in [0.05, 0.1) is 12.8 Å². The quantitative estimate of drug-likeness (QED) is 0.767. The van der Waals surface area contributed by atoms with Crippen LogP contribution in [0.3, 0.4) is 0 Å². The molecule has 2 aliphatic heterocycles. The lowest BCUT2D eigenvalue weighted by Crippen LogP contribution is -2.30. The third kappa shape index (κ3) is 3.75. The summed E-state index contributed by atoms with van der Waals surface area (Å²) in [7, 11) is 1.38. The highest BCUT2D eigenvalue weighted by Crippen LogP contribution is 2.34. The number of halogens is 1. The summed E-state index contributed by atoms with van der Waals surface area (Å²) in [6.45, 7) is 2.29. The third-order valence-corrected chi connectivity index (χ3v) is 7.65. The highest BCUT2D eigenvalue weighted by Gasteiger charge is 2.37. The van der Waals surface area contributed by atoms with Gasteiger partial charge in [-0.2, -0.15) is 4.31 Å². The van der Waals surface area contributed by atoms with Crippen molar-refractivity contribution in [1.29, 1.82) is 0 Å². The SMILES string of the molecule is CNc1nc([C@H]2CCN(S(=O)(=O)c3cc(F)ccc3OC)C2)nc2c1CN(C)CC2. The second-order valence-corrected chi connectivity index (χ2v) is 9.64. The van der Waals surface area contributed by atoms with Gasteiger partial charge in [0.15, 0.2) is 0 Å². The predicted octanol–water partition coefficient (Wildman–Crippen LogP) is 1.83. The third-order valence-electron chi connectivity index (χ3n) is 5.76. The van der Waals surface area contributed by atoms with E-state index in [9.17, 15) is 12.8 Å². The fourth-order valence-electron chi connectivity index (χ4n) is 4.11. The largest absolute Gasteiger partial charge is 0.495 e. The van der Waals surface area contributed by atoms with E-state index in [4.69, 9.17) is 14.7 Å². The number of likely N-dealkylation sites (N-methyl/N-ethyl adjacent to an activating group) is 1. The molecule has 0 unspecified atom stereocenters. The number of nitrogens with zero attached hydrogens (tertiary/aromatic N) is 4. The number of fused-ring (bicyclic) bond motifs is 1. The lowest BCUT2D eigenvalue weighted by atomic mass is 10.0. The first kappa shape index (κ1) is 21.0. The Bertz CT molecular complexity index is 1050. The van der Waals surface area contributed by atoms with E-state index in [0.29, 0.717) is 18.8 Å². The maximum atomic E-state index is 13.7. The minimum absolute atomic E-state index is 0.114. The van der Waals surface area contributed by atoms with Gasteiger partial charge in [-0.15, -0.1) is 0 Å². The summed E-state index contributed by atoms with van der Waals surface area (Å²) in [5.41, 5.74) is 2.12. The first-order valence-corrected chi connectivity index (χ1v) is 11.4. The van der Waals surface area contributed by atoms with E-state index in [-0.39, 0.29) is 23.1 Å². The van der Waals surface area contributed by atoms with E-state index >= 15 is 0 Å². The minimum Gasteiger partial charge on any atom is -0.495 e. The van der Waals surface area contributed by atoms with Crippen LogP contribution >= 0.6 is 0 Å². The number of sulfonamides is 1. The van der Waals surface area contributed by atoms with Crippen LogP contribution in [0.4, 0.5) is 10.2 Å². The topological polar surface area (TPSA) is 87.7 Å². The number of anilines is 1. The number of rotatable bonds is 5. The molecule has 0 spiro atoms. The van der Waals surface area contributed by atoms with E-state index in [1.807, 2.05) is 7.05 Å². The van der Waals surface area contributed by atoms with Crippen molar-refractivity contribution in [3.8, 4) is 5.75 Å². The molecule has 8 nitrogen and oxygen atoms in total. The Morgan fingerprint density at radius 3 is 2.80 bits per heavy atom. The van der Waals surface area contributed by atoms with Gasteiger partial charge in [0.2, 0.25) is 10.0 Å². The molecule has 0 aliphatic carbocycles. The molecular weight excluding hydrogens is 409 g/mol. The van der Waals surface area contributed by atoms with Crippen LogP contribution in [0.5, 0.6) is 5.75 Å². The molecule has 0 bridgehead atoms. The van der Waals surface area contributed by atoms with Crippen molar-refractivity contribution in [2.45, 2.75) is 30.2 Å². The zero-order valence-electron chi connectivity index (χ0n) is 17.4. The number of methoxy groups -OCH3 is 1. The van der Waals surface area contributed by atoms with Crippen LogP contribution < -0.4 is 10.1 Å². The first-order chi connectivity index (χ1) is 14.3. The lowest BCUT2D eigenvalue weighted by Gasteiger charge is -2.26. The number of aromatic nitrogens is 2. The molecule has 1 aromatic carbocycles. The Morgan fingerprint density at radius 1 is 1.27 bits per heavy atom. The van der Waals surface area contributed by atoms with Gasteiger partial charge >= 0.3 is 0 Å². The zero-order valence-corrected chi connectivity index (χ0v) is 18.2. The van der Waals surface area contributed by atoms with E-state index < -0.39 is 15.8 Å². The summed E-state index contributed by atoms with van der Waals surface area (Å²) >= 11 is 0. The smallest absolute Gasteiger partial charge is 0.246 e. The van der Waals surface area contributed by atoms with Crippen LogP contribution in [0, 0.1) is 5.82 Å². The van der Waals surface area contributed by atoms with Crippen LogP contribution in [-0.2, 0) is 23.0 Å². The van der Waals surface area contributed by atoms with E-state index in [0.717, 1.165) is 42.7 Å². The Hall–Kier alpha value is -2.30. The Labute approximate surface area is 176 Å². The van der Waals surface area contributed by atoms with Crippen LogP contribution in [0.25, 0.3) is 0 Å². The molecule has 0 saturated carbocycles. The van der Waals surface area contributed by atoms with Crippen molar-refractivity contribution < 1.29 is 17.5 Å². The Kier molecular flexibility index (Phi) is 5.65. The summed E-state index contributed by atoms with van der Waals surface area (Å²) in [6.07, 6.45) is 1.45. The number of hydrogen-bond acceptors (Lipinski definition) is 7. The average Bonchev–Trinajstić information content (AvgIpc) is 3.24. The maximum Gasteiger partial charge on any atom is 0.246 e. The van der Waals surface area contributed by atoms with E-state index in [1.165, 1.54) is 23.5 Å². The number of benzene rings is 1. The van der Waals surface area contributed by atoms with Crippen molar-refractivity contribution >= 4 is 15.8 Å². The fourth-order valence-corrected chi connectivity index (χ4v) is 5.77. The molecule has 0 radical (unpaired) electrons. The molecule has 1 fully saturated rings. The lowest BCUT2D eigenvalue weighted by molar-refractivity contribution is 0.309. The average molecular weight is 436 g/mol. The zero-order chi connectivity index (χ0) is 21.5. The number of nitrogens with one attached hydrogen (secondary N) is 1. The van der Waals surface area contributed by atoms with Crippen LogP contribution in [0.15, 0.2) is 23.1 Å². The van der Waals surface area contributed by atoms with Crippen molar-refractivity contribution in [1.82, 2.24) is 19.2 Å². The standard InChI is InChI=1S/C20H26FN5O3S/c1-22-20-15-12-25(2)8-7-16(15)23-19(24-20)13-6-9-26(11-13)30(27,28)18-10-14(21)4-5-17(18)29-3/h4-5,10,13H,6-9,11-12H2,1-3H3,(H,22,23,24)/t13-/m0/s1. The Balaban J connectivity index is 1.62. The van der Waals surface area contributed by atoms with Gasteiger partial charge in [0.25, 0.3) is 0 Å². The first-order valence-electron chi connectivity index (χ1n) is 9.93. The van der Waals surface area contributed by atoms with Crippen molar-refractivity contribution in [3.63, 3.8) is 0 Å². The molecule has 30 heavy (non-hydrogen) atoms. The molecule has 1 saturated heterocycles. The van der Waals surface area contributed by atoms with Crippen LogP contribution in [-0.4, -0.2) is 68.4 Å². The van der Waals surface area contributed by atoms with Crippen LogP contribution in [0.2, 0.25) is 0 Å². The summed E-state index contributed by atoms with van der Waals surface area (Å²) in [4.78, 5) is 11.6. The molecule has 2 aromatic rings. The molecule has 1 N–H and O–H groups in total. The minimum atomic E-state index is -3.89. The van der Waals surface area contributed by atoms with Gasteiger partial charge in [-0.05, 0) is 31.7 Å². The van der Waals surface area contributed by atoms with Gasteiger partial charge in [0.1, 0.15) is 28.1 Å². The van der Waals surface area contributed by atoms with Crippen LogP contribution in [0.1, 0.15) is 29.4 Å². The highest BCUT2D eigenvalue weighted by atomic mass is 32.2. The molecule has 0 amide bonds. The molecule has 3 heterocycles. The highest BCUT2D eigenvalue weighted by molar-refractivity contribution is 7.89. The van der Waals surface area contributed by atoms with Gasteiger partial charge < -0.3 is 15.0 Å². The molecule has 2 aliphatic rings. The molecule has 162 valence electrons. The van der Waals surface area contributed by atoms with E-state index in [2.05, 4.69) is 17.3 Å². The predicted molar refractivity (Wildman–Crippen MR) is 111 cm³/mol. The van der Waals surface area contributed by atoms with Gasteiger partial charge in [-0.1, -0.05) is 0 Å². The number of hydrogen-bond donors (Lipinski definition) is 1. The van der Waals surface area contributed by atoms with E-state index in [1.54, 1.807) is 0 Å². The summed E-state index contributed by atoms with van der Waals surface area (Å²) in [5, 5.41) is 3.16. The second kappa shape index (κ2) is 8.09. The number of ether oxygens (including phenoxy) is 1. The Morgan fingerprint density at radius 2 is 2.07 bits per heavy atom. The molecule has 1 aromatic heterocycles. The van der Waals surface area contributed by atoms with Gasteiger partial charge in [0, 0.05) is 51.1 Å². The molecule has 10 heteroatoms. The van der Waals surface area contributed by atoms with Gasteiger partial charge in [-0.25, -0.2) is 22.8 Å². The van der Waals surface area contributed by atoms with Crippen molar-refractivity contribution in [2.24, 2.45) is 0 Å². The summed E-state index contributed by atoms with van der Waals surface area (Å²) in [6, 6.07) is 3.52. The maximum absolute atomic E-state index is 13.7. The van der Waals surface area contributed by atoms with Crippen molar-refractivity contribution in [2.75, 3.05) is 46.2 Å². The summed E-state index contributed by atoms with van der Waals surface area (Å²) in [5.74, 6) is 0.857. The molecule has 4 rings (SSSR count). The summed E-state index contributed by atoms with van der Waals surface area (Å²) < 4.78 is 46.6.